The van der Waals surface area contributed by atoms with Crippen molar-refractivity contribution >= 4 is 17.7 Å². The lowest BCUT2D eigenvalue weighted by Gasteiger charge is -2.22. The summed E-state index contributed by atoms with van der Waals surface area (Å²) in [5, 5.41) is 37.1. The number of hydrogen-bond acceptors (Lipinski definition) is 5. The minimum atomic E-state index is -1.02. The van der Waals surface area contributed by atoms with Crippen molar-refractivity contribution < 1.29 is 34.8 Å². The number of rotatable bonds is 10. The van der Waals surface area contributed by atoms with Gasteiger partial charge in [-0.15, -0.1) is 0 Å². The van der Waals surface area contributed by atoms with Gasteiger partial charge in [-0.3, -0.25) is 14.4 Å². The molecule has 0 aromatic rings. The van der Waals surface area contributed by atoms with E-state index in [9.17, 15) is 24.6 Å². The number of carboxylic acid groups (broad SMARTS) is 2. The van der Waals surface area contributed by atoms with Crippen LogP contribution in [-0.2, 0) is 14.4 Å². The summed E-state index contributed by atoms with van der Waals surface area (Å²) in [6, 6.07) is 0. The van der Waals surface area contributed by atoms with Crippen molar-refractivity contribution in [2.45, 2.75) is 57.2 Å². The van der Waals surface area contributed by atoms with Crippen LogP contribution in [0.25, 0.3) is 0 Å². The maximum Gasteiger partial charge on any atom is 0.307 e. The average Bonchev–Trinajstić information content (AvgIpc) is 2.72. The molecule has 0 saturated heterocycles. The second-order valence-corrected chi connectivity index (χ2v) is 5.97. The van der Waals surface area contributed by atoms with Crippen LogP contribution in [0.4, 0.5) is 0 Å². The van der Waals surface area contributed by atoms with Crippen LogP contribution < -0.4 is 0 Å². The maximum atomic E-state index is 11.6. The molecule has 0 radical (unpaired) electrons. The van der Waals surface area contributed by atoms with Gasteiger partial charge in [-0.2, -0.15) is 0 Å². The van der Waals surface area contributed by atoms with Gasteiger partial charge in [0, 0.05) is 12.8 Å². The number of ketones is 1. The molecule has 0 aromatic carbocycles. The molecule has 0 bridgehead atoms. The van der Waals surface area contributed by atoms with E-state index in [2.05, 4.69) is 0 Å². The predicted octanol–water partition coefficient (Wildman–Crippen LogP) is 0.979. The van der Waals surface area contributed by atoms with E-state index in [0.717, 1.165) is 0 Å². The Kier molecular flexibility index (Phi) is 7.91. The van der Waals surface area contributed by atoms with Crippen LogP contribution in [-0.4, -0.2) is 50.4 Å². The molecule has 1 fully saturated rings. The van der Waals surface area contributed by atoms with Crippen molar-refractivity contribution in [3.05, 3.63) is 12.2 Å². The van der Waals surface area contributed by atoms with Gasteiger partial charge in [0.05, 0.1) is 25.0 Å². The summed E-state index contributed by atoms with van der Waals surface area (Å²) < 4.78 is 0. The smallest absolute Gasteiger partial charge is 0.307 e. The lowest BCUT2D eigenvalue weighted by Crippen LogP contribution is -2.22. The molecule has 1 rings (SSSR count). The molecule has 0 unspecified atom stereocenters. The van der Waals surface area contributed by atoms with Crippen LogP contribution in [0.1, 0.15) is 44.9 Å². The lowest BCUT2D eigenvalue weighted by molar-refractivity contribution is -0.138. The van der Waals surface area contributed by atoms with E-state index in [1.807, 2.05) is 0 Å². The first-order valence-corrected chi connectivity index (χ1v) is 7.77. The molecule has 23 heavy (non-hydrogen) atoms. The topological polar surface area (TPSA) is 132 Å². The van der Waals surface area contributed by atoms with Crippen LogP contribution in [0.15, 0.2) is 12.2 Å². The van der Waals surface area contributed by atoms with Crippen molar-refractivity contribution in [1.29, 1.82) is 0 Å². The SMILES string of the molecule is O=C(O)C/C=C\C[C@@H]1[C@@H](CCC(=O)CCC(=O)O)[C@H](O)C[C@@H]1O. The van der Waals surface area contributed by atoms with E-state index in [1.54, 1.807) is 6.08 Å². The Morgan fingerprint density at radius 2 is 1.52 bits per heavy atom. The number of hydrogen-bond donors (Lipinski definition) is 4. The Balaban J connectivity index is 2.49. The lowest BCUT2D eigenvalue weighted by atomic mass is 9.86. The quantitative estimate of drug-likeness (QED) is 0.439. The van der Waals surface area contributed by atoms with Gasteiger partial charge in [-0.05, 0) is 31.1 Å². The molecule has 1 saturated carbocycles. The van der Waals surface area contributed by atoms with Gasteiger partial charge in [0.2, 0.25) is 0 Å². The van der Waals surface area contributed by atoms with Gasteiger partial charge in [-0.1, -0.05) is 12.2 Å². The molecule has 0 aliphatic heterocycles. The molecule has 4 N–H and O–H groups in total. The number of carbonyl (C=O) groups excluding carboxylic acids is 1. The Bertz CT molecular complexity index is 457. The molecule has 130 valence electrons. The summed E-state index contributed by atoms with van der Waals surface area (Å²) >= 11 is 0. The minimum Gasteiger partial charge on any atom is -0.481 e. The van der Waals surface area contributed by atoms with Gasteiger partial charge in [0.1, 0.15) is 5.78 Å². The van der Waals surface area contributed by atoms with Gasteiger partial charge >= 0.3 is 11.9 Å². The first-order valence-electron chi connectivity index (χ1n) is 7.77. The third-order valence-corrected chi connectivity index (χ3v) is 4.26. The van der Waals surface area contributed by atoms with Crippen molar-refractivity contribution in [2.24, 2.45) is 11.8 Å². The highest BCUT2D eigenvalue weighted by molar-refractivity contribution is 5.82. The maximum absolute atomic E-state index is 11.6. The Hall–Kier alpha value is -1.73. The van der Waals surface area contributed by atoms with Gasteiger partial charge < -0.3 is 20.4 Å². The zero-order valence-electron chi connectivity index (χ0n) is 12.9. The number of carboxylic acids is 2. The van der Waals surface area contributed by atoms with Crippen LogP contribution >= 0.6 is 0 Å². The Labute approximate surface area is 134 Å². The fourth-order valence-electron chi connectivity index (χ4n) is 3.04. The van der Waals surface area contributed by atoms with E-state index < -0.39 is 24.1 Å². The molecular formula is C16H24O7. The second kappa shape index (κ2) is 9.42. The van der Waals surface area contributed by atoms with Crippen molar-refractivity contribution in [3.63, 3.8) is 0 Å². The summed E-state index contributed by atoms with van der Waals surface area (Å²) in [5.74, 6) is -2.58. The highest BCUT2D eigenvalue weighted by Gasteiger charge is 2.40. The molecule has 1 aliphatic rings. The standard InChI is InChI=1S/C16H24O7/c17-10(6-8-16(22)23)5-7-12-11(13(18)9-14(12)19)3-1-2-4-15(20)21/h1-2,11-14,18-19H,3-9H2,(H,20,21)(H,22,23)/b2-1-/t11-,12-,13+,14-/m1/s1. The minimum absolute atomic E-state index is 0.0239. The molecule has 0 amide bonds. The molecule has 7 nitrogen and oxygen atoms in total. The van der Waals surface area contributed by atoms with E-state index in [1.165, 1.54) is 6.08 Å². The number of allylic oxidation sites excluding steroid dienone is 1. The fraction of sp³-hybridized carbons (Fsp3) is 0.688. The summed E-state index contributed by atoms with van der Waals surface area (Å²) in [6.45, 7) is 0. The summed E-state index contributed by atoms with van der Waals surface area (Å²) in [7, 11) is 0. The number of aliphatic carboxylic acids is 2. The summed E-state index contributed by atoms with van der Waals surface area (Å²) in [5.41, 5.74) is 0. The van der Waals surface area contributed by atoms with E-state index in [4.69, 9.17) is 10.2 Å². The number of Topliss-reactive ketones (excluding diaryl/α,β-unsaturated/α-hetero) is 1. The molecular weight excluding hydrogens is 304 g/mol. The number of aliphatic hydroxyl groups excluding tert-OH is 2. The van der Waals surface area contributed by atoms with E-state index >= 15 is 0 Å². The summed E-state index contributed by atoms with van der Waals surface area (Å²) in [6.07, 6.45) is 2.75. The summed E-state index contributed by atoms with van der Waals surface area (Å²) in [4.78, 5) is 32.5. The molecule has 0 spiro atoms. The van der Waals surface area contributed by atoms with Crippen LogP contribution in [0.3, 0.4) is 0 Å². The third kappa shape index (κ3) is 6.92. The monoisotopic (exact) mass is 328 g/mol. The zero-order valence-corrected chi connectivity index (χ0v) is 12.9. The molecule has 4 atom stereocenters. The Morgan fingerprint density at radius 1 is 0.870 bits per heavy atom. The Morgan fingerprint density at radius 3 is 2.13 bits per heavy atom. The fourth-order valence-corrected chi connectivity index (χ4v) is 3.04. The molecule has 0 heterocycles. The molecule has 0 aromatic heterocycles. The number of carbonyl (C=O) groups is 3. The van der Waals surface area contributed by atoms with Gasteiger partial charge in [0.25, 0.3) is 0 Å². The predicted molar refractivity (Wildman–Crippen MR) is 80.7 cm³/mol. The van der Waals surface area contributed by atoms with Crippen molar-refractivity contribution in [1.82, 2.24) is 0 Å². The number of aliphatic hydroxyl groups is 2. The van der Waals surface area contributed by atoms with Gasteiger partial charge in [-0.25, -0.2) is 0 Å². The zero-order chi connectivity index (χ0) is 17.4. The van der Waals surface area contributed by atoms with Crippen LogP contribution in [0, 0.1) is 11.8 Å². The van der Waals surface area contributed by atoms with Crippen LogP contribution in [0.5, 0.6) is 0 Å². The van der Waals surface area contributed by atoms with Gasteiger partial charge in [0.15, 0.2) is 0 Å². The first kappa shape index (κ1) is 19.3. The van der Waals surface area contributed by atoms with Crippen LogP contribution in [0.2, 0.25) is 0 Å². The van der Waals surface area contributed by atoms with E-state index in [0.29, 0.717) is 12.8 Å². The molecule has 1 aliphatic carbocycles. The van der Waals surface area contributed by atoms with E-state index in [-0.39, 0.29) is 49.7 Å². The van der Waals surface area contributed by atoms with Crippen molar-refractivity contribution in [2.75, 3.05) is 0 Å². The highest BCUT2D eigenvalue weighted by Crippen LogP contribution is 2.38. The normalized spacial score (nSPS) is 27.4. The first-order chi connectivity index (χ1) is 10.8. The van der Waals surface area contributed by atoms with Crippen molar-refractivity contribution in [3.8, 4) is 0 Å². The highest BCUT2D eigenvalue weighted by atomic mass is 16.4. The third-order valence-electron chi connectivity index (χ3n) is 4.26. The second-order valence-electron chi connectivity index (χ2n) is 5.97. The molecule has 7 heteroatoms. The average molecular weight is 328 g/mol. The largest absolute Gasteiger partial charge is 0.481 e.